The summed E-state index contributed by atoms with van der Waals surface area (Å²) in [5.41, 5.74) is 2.13. The molecule has 1 unspecified atom stereocenters. The van der Waals surface area contributed by atoms with Gasteiger partial charge in [0, 0.05) is 18.5 Å². The molecule has 1 fully saturated rings. The van der Waals surface area contributed by atoms with E-state index in [4.69, 9.17) is 11.6 Å². The molecule has 1 atom stereocenters. The standard InChI is InChI=1S/C15H17ClF2N4/c1-10-6-12(16)7-19-14(10)13-9-22(21-20-13)8-11-4-2-3-5-15(11,17)18/h6-7,9,11H,2-5,8H2,1H3. The van der Waals surface area contributed by atoms with E-state index >= 15 is 0 Å². The molecule has 118 valence electrons. The van der Waals surface area contributed by atoms with E-state index in [-0.39, 0.29) is 13.0 Å². The summed E-state index contributed by atoms with van der Waals surface area (Å²) >= 11 is 5.88. The zero-order valence-electron chi connectivity index (χ0n) is 12.3. The summed E-state index contributed by atoms with van der Waals surface area (Å²) in [5, 5.41) is 8.58. The Hall–Kier alpha value is -1.56. The van der Waals surface area contributed by atoms with Crippen molar-refractivity contribution in [1.82, 2.24) is 20.0 Å². The Labute approximate surface area is 132 Å². The SMILES string of the molecule is Cc1cc(Cl)cnc1-c1cn(CC2CCCCC2(F)F)nn1. The normalized spacial score (nSPS) is 21.0. The number of rotatable bonds is 3. The van der Waals surface area contributed by atoms with Crippen LogP contribution in [0.5, 0.6) is 0 Å². The molecule has 7 heteroatoms. The van der Waals surface area contributed by atoms with Crippen LogP contribution >= 0.6 is 11.6 Å². The van der Waals surface area contributed by atoms with E-state index in [1.165, 1.54) is 10.9 Å². The number of halogens is 3. The summed E-state index contributed by atoms with van der Waals surface area (Å²) in [6, 6.07) is 1.79. The summed E-state index contributed by atoms with van der Waals surface area (Å²) in [6.07, 6.45) is 5.16. The van der Waals surface area contributed by atoms with Crippen molar-refractivity contribution in [2.24, 2.45) is 5.92 Å². The fourth-order valence-corrected chi connectivity index (χ4v) is 3.13. The van der Waals surface area contributed by atoms with E-state index < -0.39 is 11.8 Å². The van der Waals surface area contributed by atoms with E-state index in [0.29, 0.717) is 29.3 Å². The Bertz CT molecular complexity index is 671. The van der Waals surface area contributed by atoms with Crippen molar-refractivity contribution in [2.75, 3.05) is 0 Å². The van der Waals surface area contributed by atoms with E-state index in [1.807, 2.05) is 6.92 Å². The highest BCUT2D eigenvalue weighted by Gasteiger charge is 2.41. The lowest BCUT2D eigenvalue weighted by molar-refractivity contribution is -0.0920. The highest BCUT2D eigenvalue weighted by Crippen LogP contribution is 2.39. The first kappa shape index (κ1) is 15.3. The fourth-order valence-electron chi connectivity index (χ4n) is 2.92. The van der Waals surface area contributed by atoms with Gasteiger partial charge in [-0.2, -0.15) is 0 Å². The minimum Gasteiger partial charge on any atom is -0.253 e. The van der Waals surface area contributed by atoms with Gasteiger partial charge in [0.2, 0.25) is 0 Å². The van der Waals surface area contributed by atoms with E-state index in [2.05, 4.69) is 15.3 Å². The lowest BCUT2D eigenvalue weighted by Gasteiger charge is -2.30. The first-order valence-corrected chi connectivity index (χ1v) is 7.74. The minimum absolute atomic E-state index is 0.0307. The third kappa shape index (κ3) is 3.11. The molecule has 0 spiro atoms. The van der Waals surface area contributed by atoms with Crippen molar-refractivity contribution in [3.05, 3.63) is 29.0 Å². The summed E-state index contributed by atoms with van der Waals surface area (Å²) in [7, 11) is 0. The molecule has 22 heavy (non-hydrogen) atoms. The second-order valence-corrected chi connectivity index (χ2v) is 6.29. The predicted molar refractivity (Wildman–Crippen MR) is 79.9 cm³/mol. The Morgan fingerprint density at radius 2 is 2.23 bits per heavy atom. The van der Waals surface area contributed by atoms with E-state index in [1.54, 1.807) is 12.3 Å². The molecule has 2 heterocycles. The number of aromatic nitrogens is 4. The zero-order valence-corrected chi connectivity index (χ0v) is 13.0. The van der Waals surface area contributed by atoms with Crippen LogP contribution in [0.3, 0.4) is 0 Å². The second kappa shape index (κ2) is 5.91. The summed E-state index contributed by atoms with van der Waals surface area (Å²) in [5.74, 6) is -3.28. The largest absolute Gasteiger partial charge is 0.253 e. The van der Waals surface area contributed by atoms with Gasteiger partial charge >= 0.3 is 0 Å². The number of alkyl halides is 2. The molecule has 0 amide bonds. The van der Waals surface area contributed by atoms with E-state index in [0.717, 1.165) is 12.0 Å². The zero-order chi connectivity index (χ0) is 15.7. The number of pyridine rings is 1. The lowest BCUT2D eigenvalue weighted by atomic mass is 9.85. The van der Waals surface area contributed by atoms with Gasteiger partial charge in [0.1, 0.15) is 5.69 Å². The number of hydrogen-bond acceptors (Lipinski definition) is 3. The molecule has 2 aromatic heterocycles. The van der Waals surface area contributed by atoms with Crippen molar-refractivity contribution in [1.29, 1.82) is 0 Å². The molecule has 0 saturated heterocycles. The molecule has 3 rings (SSSR count). The van der Waals surface area contributed by atoms with Crippen molar-refractivity contribution in [3.8, 4) is 11.4 Å². The number of aryl methyl sites for hydroxylation is 1. The smallest absolute Gasteiger partial charge is 0.252 e. The topological polar surface area (TPSA) is 43.6 Å². The number of hydrogen-bond donors (Lipinski definition) is 0. The molecule has 0 aromatic carbocycles. The van der Waals surface area contributed by atoms with Gasteiger partial charge in [-0.05, 0) is 31.4 Å². The van der Waals surface area contributed by atoms with Crippen molar-refractivity contribution < 1.29 is 8.78 Å². The van der Waals surface area contributed by atoms with Gasteiger partial charge in [-0.3, -0.25) is 9.67 Å². The lowest BCUT2D eigenvalue weighted by Crippen LogP contribution is -2.34. The monoisotopic (exact) mass is 326 g/mol. The molecular formula is C15H17ClF2N4. The Morgan fingerprint density at radius 3 is 2.95 bits per heavy atom. The van der Waals surface area contributed by atoms with Crippen LogP contribution in [0.1, 0.15) is 31.2 Å². The van der Waals surface area contributed by atoms with Crippen molar-refractivity contribution in [2.45, 2.75) is 45.1 Å². The van der Waals surface area contributed by atoms with Gasteiger partial charge < -0.3 is 0 Å². The van der Waals surface area contributed by atoms with Crippen LogP contribution in [-0.2, 0) is 6.54 Å². The molecule has 4 nitrogen and oxygen atoms in total. The van der Waals surface area contributed by atoms with Gasteiger partial charge in [0.25, 0.3) is 5.92 Å². The average molecular weight is 327 g/mol. The molecule has 0 aliphatic heterocycles. The third-order valence-corrected chi connectivity index (χ3v) is 4.35. The maximum absolute atomic E-state index is 13.9. The predicted octanol–water partition coefficient (Wildman–Crippen LogP) is 4.13. The Morgan fingerprint density at radius 1 is 1.41 bits per heavy atom. The fraction of sp³-hybridized carbons (Fsp3) is 0.533. The third-order valence-electron chi connectivity index (χ3n) is 4.14. The molecule has 0 radical (unpaired) electrons. The van der Waals surface area contributed by atoms with Crippen LogP contribution in [0.4, 0.5) is 8.78 Å². The van der Waals surface area contributed by atoms with Crippen molar-refractivity contribution in [3.63, 3.8) is 0 Å². The van der Waals surface area contributed by atoms with Crippen LogP contribution in [0.2, 0.25) is 5.02 Å². The second-order valence-electron chi connectivity index (χ2n) is 5.85. The molecule has 1 aliphatic rings. The van der Waals surface area contributed by atoms with Gasteiger partial charge in [0.15, 0.2) is 0 Å². The Kier molecular flexibility index (Phi) is 4.12. The number of nitrogens with zero attached hydrogens (tertiary/aromatic N) is 4. The summed E-state index contributed by atoms with van der Waals surface area (Å²) in [6.45, 7) is 2.06. The van der Waals surface area contributed by atoms with Crippen LogP contribution in [-0.4, -0.2) is 25.9 Å². The molecule has 2 aromatic rings. The van der Waals surface area contributed by atoms with Gasteiger partial charge in [-0.1, -0.05) is 23.2 Å². The van der Waals surface area contributed by atoms with Crippen LogP contribution in [0, 0.1) is 12.8 Å². The molecule has 0 N–H and O–H groups in total. The minimum atomic E-state index is -2.61. The highest BCUT2D eigenvalue weighted by atomic mass is 35.5. The molecular weight excluding hydrogens is 310 g/mol. The highest BCUT2D eigenvalue weighted by molar-refractivity contribution is 6.30. The van der Waals surface area contributed by atoms with Gasteiger partial charge in [-0.25, -0.2) is 8.78 Å². The first-order chi connectivity index (χ1) is 10.5. The molecule has 1 aliphatic carbocycles. The maximum atomic E-state index is 13.9. The Balaban J connectivity index is 1.79. The summed E-state index contributed by atoms with van der Waals surface area (Å²) in [4.78, 5) is 4.24. The average Bonchev–Trinajstić information content (AvgIpc) is 2.89. The van der Waals surface area contributed by atoms with E-state index in [9.17, 15) is 8.78 Å². The van der Waals surface area contributed by atoms with Crippen LogP contribution in [0.15, 0.2) is 18.5 Å². The van der Waals surface area contributed by atoms with Crippen LogP contribution in [0.25, 0.3) is 11.4 Å². The van der Waals surface area contributed by atoms with Gasteiger partial charge in [-0.15, -0.1) is 5.10 Å². The van der Waals surface area contributed by atoms with Gasteiger partial charge in [0.05, 0.1) is 23.5 Å². The molecule has 1 saturated carbocycles. The molecule has 0 bridgehead atoms. The summed E-state index contributed by atoms with van der Waals surface area (Å²) < 4.78 is 29.3. The maximum Gasteiger partial charge on any atom is 0.252 e. The first-order valence-electron chi connectivity index (χ1n) is 7.36. The quantitative estimate of drug-likeness (QED) is 0.852. The van der Waals surface area contributed by atoms with Crippen LogP contribution < -0.4 is 0 Å². The van der Waals surface area contributed by atoms with Crippen molar-refractivity contribution >= 4 is 11.6 Å².